The minimum absolute atomic E-state index is 0.0615. The predicted octanol–water partition coefficient (Wildman–Crippen LogP) is 4.44. The van der Waals surface area contributed by atoms with Crippen LogP contribution in [0.25, 0.3) is 12.2 Å². The Labute approximate surface area is 207 Å². The maximum atomic E-state index is 12.9. The van der Waals surface area contributed by atoms with E-state index in [0.29, 0.717) is 21.3 Å². The van der Waals surface area contributed by atoms with E-state index in [4.69, 9.17) is 4.74 Å². The zero-order valence-electron chi connectivity index (χ0n) is 17.9. The zero-order chi connectivity index (χ0) is 24.9. The number of carbonyl (C=O) groups excluding carboxylic acids is 3. The van der Waals surface area contributed by atoms with Gasteiger partial charge in [0.25, 0.3) is 17.5 Å². The van der Waals surface area contributed by atoms with Crippen LogP contribution in [0.3, 0.4) is 0 Å². The maximum Gasteiger partial charge on any atom is 0.336 e. The van der Waals surface area contributed by atoms with Gasteiger partial charge in [-0.25, -0.2) is 9.80 Å². The standard InChI is InChI=1S/C25H16BrN3O6/c26-18-9-12-22(35-23(30)13-8-16-6-10-20(11-7-16)29(33)34)17(14-18)15-21-24(31)27-28(25(21)32)19-4-2-1-3-5-19/h1-15H,(H,27,31)/b13-8+,21-15+. The Balaban J connectivity index is 1.55. The monoisotopic (exact) mass is 533 g/mol. The van der Waals surface area contributed by atoms with Crippen molar-refractivity contribution in [3.05, 3.63) is 110 Å². The first-order valence-corrected chi connectivity index (χ1v) is 11.0. The Hall–Kier alpha value is -4.57. The molecule has 0 spiro atoms. The third-order valence-electron chi connectivity index (χ3n) is 4.90. The molecular weight excluding hydrogens is 518 g/mol. The molecule has 0 saturated carbocycles. The van der Waals surface area contributed by atoms with Gasteiger partial charge in [-0.05, 0) is 60.2 Å². The molecular formula is C25H16BrN3O6. The van der Waals surface area contributed by atoms with Gasteiger partial charge < -0.3 is 4.74 Å². The van der Waals surface area contributed by atoms with Gasteiger partial charge in [0.15, 0.2) is 0 Å². The molecule has 1 saturated heterocycles. The number of hydrogen-bond donors (Lipinski definition) is 1. The first kappa shape index (κ1) is 23.6. The summed E-state index contributed by atoms with van der Waals surface area (Å²) in [6.45, 7) is 0. The van der Waals surface area contributed by atoms with Crippen LogP contribution in [-0.4, -0.2) is 22.7 Å². The Morgan fingerprint density at radius 1 is 1.03 bits per heavy atom. The van der Waals surface area contributed by atoms with E-state index < -0.39 is 22.7 Å². The van der Waals surface area contributed by atoms with Crippen molar-refractivity contribution in [3.63, 3.8) is 0 Å². The third kappa shape index (κ3) is 5.50. The number of esters is 1. The first-order valence-electron chi connectivity index (χ1n) is 10.2. The second-order valence-corrected chi connectivity index (χ2v) is 8.18. The van der Waals surface area contributed by atoms with Crippen LogP contribution in [0.2, 0.25) is 0 Å². The molecule has 2 amide bonds. The molecule has 1 N–H and O–H groups in total. The number of ether oxygens (including phenoxy) is 1. The van der Waals surface area contributed by atoms with Crippen LogP contribution >= 0.6 is 15.9 Å². The minimum atomic E-state index is -0.710. The Kier molecular flexibility index (Phi) is 6.83. The number of nitro groups is 1. The summed E-state index contributed by atoms with van der Waals surface area (Å²) in [6.07, 6.45) is 3.98. The highest BCUT2D eigenvalue weighted by Gasteiger charge is 2.34. The van der Waals surface area contributed by atoms with Crippen LogP contribution < -0.4 is 15.2 Å². The van der Waals surface area contributed by atoms with E-state index in [1.54, 1.807) is 42.5 Å². The second kappa shape index (κ2) is 10.1. The second-order valence-electron chi connectivity index (χ2n) is 7.26. The molecule has 1 aliphatic heterocycles. The topological polar surface area (TPSA) is 119 Å². The molecule has 10 heteroatoms. The average molecular weight is 534 g/mol. The third-order valence-corrected chi connectivity index (χ3v) is 5.40. The maximum absolute atomic E-state index is 12.9. The number of amides is 2. The summed E-state index contributed by atoms with van der Waals surface area (Å²) < 4.78 is 6.07. The number of hydrazine groups is 1. The van der Waals surface area contributed by atoms with Crippen LogP contribution in [0.15, 0.2) is 88.9 Å². The number of rotatable bonds is 6. The van der Waals surface area contributed by atoms with Gasteiger partial charge in [0.2, 0.25) is 0 Å². The molecule has 1 fully saturated rings. The van der Waals surface area contributed by atoms with Crippen LogP contribution in [0.4, 0.5) is 11.4 Å². The van der Waals surface area contributed by atoms with E-state index in [1.165, 1.54) is 48.6 Å². The summed E-state index contributed by atoms with van der Waals surface area (Å²) in [5.41, 5.74) is 3.75. The van der Waals surface area contributed by atoms with Gasteiger partial charge in [-0.3, -0.25) is 25.1 Å². The van der Waals surface area contributed by atoms with Crippen LogP contribution in [-0.2, 0) is 14.4 Å². The normalized spacial score (nSPS) is 14.4. The van der Waals surface area contributed by atoms with E-state index in [1.807, 2.05) is 0 Å². The van der Waals surface area contributed by atoms with Gasteiger partial charge in [0.1, 0.15) is 11.3 Å². The summed E-state index contributed by atoms with van der Waals surface area (Å²) >= 11 is 3.34. The number of hydrogen-bond acceptors (Lipinski definition) is 6. The lowest BCUT2D eigenvalue weighted by molar-refractivity contribution is -0.384. The van der Waals surface area contributed by atoms with E-state index in [0.717, 1.165) is 5.01 Å². The Morgan fingerprint density at radius 3 is 2.43 bits per heavy atom. The first-order chi connectivity index (χ1) is 16.8. The van der Waals surface area contributed by atoms with E-state index in [2.05, 4.69) is 21.4 Å². The highest BCUT2D eigenvalue weighted by molar-refractivity contribution is 9.10. The summed E-state index contributed by atoms with van der Waals surface area (Å²) in [5, 5.41) is 11.9. The molecule has 174 valence electrons. The largest absolute Gasteiger partial charge is 0.423 e. The Bertz CT molecular complexity index is 1380. The lowest BCUT2D eigenvalue weighted by Gasteiger charge is -2.13. The van der Waals surface area contributed by atoms with Crippen molar-refractivity contribution in [2.24, 2.45) is 0 Å². The smallest absolute Gasteiger partial charge is 0.336 e. The molecule has 0 bridgehead atoms. The van der Waals surface area contributed by atoms with Gasteiger partial charge in [-0.1, -0.05) is 34.1 Å². The lowest BCUT2D eigenvalue weighted by atomic mass is 10.1. The molecule has 3 aromatic rings. The molecule has 0 aliphatic carbocycles. The number of non-ortho nitro benzene ring substituents is 1. The number of nitrogens with zero attached hydrogens (tertiary/aromatic N) is 2. The van der Waals surface area contributed by atoms with Crippen molar-refractivity contribution in [1.82, 2.24) is 5.43 Å². The van der Waals surface area contributed by atoms with E-state index in [-0.39, 0.29) is 17.0 Å². The lowest BCUT2D eigenvalue weighted by Crippen LogP contribution is -2.35. The van der Waals surface area contributed by atoms with Crippen molar-refractivity contribution in [2.45, 2.75) is 0 Å². The van der Waals surface area contributed by atoms with Crippen LogP contribution in [0.5, 0.6) is 5.75 Å². The van der Waals surface area contributed by atoms with Gasteiger partial charge in [-0.2, -0.15) is 0 Å². The number of nitro benzene ring substituents is 1. The molecule has 9 nitrogen and oxygen atoms in total. The number of para-hydroxylation sites is 1. The van der Waals surface area contributed by atoms with E-state index >= 15 is 0 Å². The quantitative estimate of drug-likeness (QED) is 0.125. The fourth-order valence-corrected chi connectivity index (χ4v) is 3.59. The molecule has 0 aromatic heterocycles. The molecule has 0 atom stereocenters. The zero-order valence-corrected chi connectivity index (χ0v) is 19.5. The average Bonchev–Trinajstić information content (AvgIpc) is 3.13. The van der Waals surface area contributed by atoms with Gasteiger partial charge >= 0.3 is 5.97 Å². The number of anilines is 1. The van der Waals surface area contributed by atoms with Crippen LogP contribution in [0.1, 0.15) is 11.1 Å². The molecule has 3 aromatic carbocycles. The van der Waals surface area contributed by atoms with Crippen molar-refractivity contribution >= 4 is 57.2 Å². The van der Waals surface area contributed by atoms with Crippen molar-refractivity contribution in [1.29, 1.82) is 0 Å². The Morgan fingerprint density at radius 2 is 1.74 bits per heavy atom. The summed E-state index contributed by atoms with van der Waals surface area (Å²) in [5.74, 6) is -1.71. The van der Waals surface area contributed by atoms with Crippen molar-refractivity contribution in [3.8, 4) is 5.75 Å². The highest BCUT2D eigenvalue weighted by Crippen LogP contribution is 2.28. The fourth-order valence-electron chi connectivity index (χ4n) is 3.21. The number of benzene rings is 3. The summed E-state index contributed by atoms with van der Waals surface area (Å²) in [4.78, 5) is 48.0. The SMILES string of the molecule is O=C(/C=C/c1ccc([N+](=O)[O-])cc1)Oc1ccc(Br)cc1/C=C1\C(=O)NN(c2ccccc2)C1=O. The highest BCUT2D eigenvalue weighted by atomic mass is 79.9. The number of nitrogens with one attached hydrogen (secondary N) is 1. The molecule has 4 rings (SSSR count). The molecule has 35 heavy (non-hydrogen) atoms. The fraction of sp³-hybridized carbons (Fsp3) is 0. The molecule has 1 aliphatic rings. The molecule has 1 heterocycles. The summed E-state index contributed by atoms with van der Waals surface area (Å²) in [7, 11) is 0. The molecule has 0 unspecified atom stereocenters. The predicted molar refractivity (Wildman–Crippen MR) is 132 cm³/mol. The van der Waals surface area contributed by atoms with Crippen molar-refractivity contribution in [2.75, 3.05) is 5.01 Å². The van der Waals surface area contributed by atoms with Gasteiger partial charge in [0, 0.05) is 28.2 Å². The summed E-state index contributed by atoms with van der Waals surface area (Å²) in [6, 6.07) is 19.1. The van der Waals surface area contributed by atoms with Gasteiger partial charge in [-0.15, -0.1) is 0 Å². The van der Waals surface area contributed by atoms with E-state index in [9.17, 15) is 24.5 Å². The minimum Gasteiger partial charge on any atom is -0.423 e. The van der Waals surface area contributed by atoms with Crippen LogP contribution in [0, 0.1) is 10.1 Å². The van der Waals surface area contributed by atoms with Crippen molar-refractivity contribution < 1.29 is 24.0 Å². The number of carbonyl (C=O) groups is 3. The number of halogens is 1. The van der Waals surface area contributed by atoms with Gasteiger partial charge in [0.05, 0.1) is 10.6 Å². The molecule has 0 radical (unpaired) electrons.